The highest BCUT2D eigenvalue weighted by Crippen LogP contribution is 2.21. The predicted octanol–water partition coefficient (Wildman–Crippen LogP) is 2.49. The number of amides is 1. The van der Waals surface area contributed by atoms with E-state index in [4.69, 9.17) is 4.74 Å². The van der Waals surface area contributed by atoms with Gasteiger partial charge in [-0.1, -0.05) is 0 Å². The summed E-state index contributed by atoms with van der Waals surface area (Å²) >= 11 is 1.47. The Labute approximate surface area is 139 Å². The number of hydrogen-bond acceptors (Lipinski definition) is 5. The normalized spacial score (nSPS) is 18.5. The first-order valence-electron chi connectivity index (χ1n) is 7.97. The van der Waals surface area contributed by atoms with Gasteiger partial charge >= 0.3 is 0 Å². The first-order chi connectivity index (χ1) is 11.1. The van der Waals surface area contributed by atoms with Gasteiger partial charge in [0, 0.05) is 37.2 Å². The van der Waals surface area contributed by atoms with Crippen LogP contribution in [0.3, 0.4) is 0 Å². The molecule has 7 heteroatoms. The second-order valence-corrected chi connectivity index (χ2v) is 6.72. The molecule has 3 rings (SSSR count). The Hall–Kier alpha value is -1.73. The summed E-state index contributed by atoms with van der Waals surface area (Å²) in [5.41, 5.74) is 1.50. The molecule has 6 nitrogen and oxygen atoms in total. The van der Waals surface area contributed by atoms with E-state index in [0.29, 0.717) is 12.3 Å². The number of carbonyl (C=O) groups excluding carboxylic acids is 1. The molecule has 0 spiro atoms. The number of fused-ring (bicyclic) bond motifs is 1. The Kier molecular flexibility index (Phi) is 4.77. The molecule has 124 valence electrons. The van der Waals surface area contributed by atoms with Crippen LogP contribution < -0.4 is 5.32 Å². The lowest BCUT2D eigenvalue weighted by Crippen LogP contribution is -2.41. The van der Waals surface area contributed by atoms with Crippen LogP contribution in [-0.2, 0) is 17.7 Å². The summed E-state index contributed by atoms with van der Waals surface area (Å²) in [7, 11) is 0. The topological polar surface area (TPSA) is 69.0 Å². The average molecular weight is 334 g/mol. The molecular formula is C16H22N4O2S. The zero-order chi connectivity index (χ0) is 16.4. The fourth-order valence-electron chi connectivity index (χ4n) is 2.86. The van der Waals surface area contributed by atoms with Crippen molar-refractivity contribution in [2.45, 2.75) is 52.3 Å². The maximum Gasteiger partial charge on any atom is 0.271 e. The van der Waals surface area contributed by atoms with Crippen LogP contribution in [0.5, 0.6) is 0 Å². The first-order valence-corrected chi connectivity index (χ1v) is 8.85. The highest BCUT2D eigenvalue weighted by Gasteiger charge is 2.23. The molecule has 2 aromatic heterocycles. The van der Waals surface area contributed by atoms with Crippen molar-refractivity contribution in [1.82, 2.24) is 19.9 Å². The van der Waals surface area contributed by atoms with Crippen molar-refractivity contribution < 1.29 is 9.53 Å². The number of rotatable bonds is 5. The van der Waals surface area contributed by atoms with Gasteiger partial charge in [0.25, 0.3) is 5.91 Å². The van der Waals surface area contributed by atoms with Crippen molar-refractivity contribution in [3.05, 3.63) is 33.8 Å². The molecule has 1 aliphatic rings. The van der Waals surface area contributed by atoms with Crippen molar-refractivity contribution in [3.8, 4) is 0 Å². The van der Waals surface area contributed by atoms with E-state index in [1.807, 2.05) is 27.0 Å². The summed E-state index contributed by atoms with van der Waals surface area (Å²) < 4.78 is 7.65. The molecule has 1 amide bonds. The van der Waals surface area contributed by atoms with Gasteiger partial charge in [0.2, 0.25) is 0 Å². The van der Waals surface area contributed by atoms with E-state index in [1.54, 1.807) is 5.38 Å². The van der Waals surface area contributed by atoms with E-state index in [1.165, 1.54) is 11.3 Å². The number of carbonyl (C=O) groups is 1. The van der Waals surface area contributed by atoms with E-state index in [0.717, 1.165) is 35.9 Å². The van der Waals surface area contributed by atoms with E-state index in [9.17, 15) is 4.79 Å². The number of aromatic nitrogens is 3. The number of imidazole rings is 1. The van der Waals surface area contributed by atoms with Crippen LogP contribution >= 0.6 is 11.3 Å². The lowest BCUT2D eigenvalue weighted by molar-refractivity contribution is 0.0759. The van der Waals surface area contributed by atoms with Crippen LogP contribution in [0.15, 0.2) is 11.6 Å². The van der Waals surface area contributed by atoms with Gasteiger partial charge in [-0.25, -0.2) is 9.97 Å². The van der Waals surface area contributed by atoms with E-state index in [2.05, 4.69) is 19.9 Å². The third kappa shape index (κ3) is 3.61. The standard InChI is InChI=1S/C16H22N4O2S/c1-4-22-11(3)16-19-13(9-23-16)15(21)18-12-5-6-14-17-10(2)7-20(14)8-12/h7,9,11-12H,4-6,8H2,1-3H3,(H,18,21)/t11-,12+/m1/s1. The second kappa shape index (κ2) is 6.80. The number of ether oxygens (including phenoxy) is 1. The van der Waals surface area contributed by atoms with Crippen LogP contribution in [0, 0.1) is 6.92 Å². The summed E-state index contributed by atoms with van der Waals surface area (Å²) in [5.74, 6) is 0.996. The fraction of sp³-hybridized carbons (Fsp3) is 0.562. The molecule has 0 fully saturated rings. The van der Waals surface area contributed by atoms with Crippen molar-refractivity contribution in [1.29, 1.82) is 0 Å². The van der Waals surface area contributed by atoms with Gasteiger partial charge < -0.3 is 14.6 Å². The summed E-state index contributed by atoms with van der Waals surface area (Å²) in [5, 5.41) is 5.73. The minimum Gasteiger partial charge on any atom is -0.372 e. The van der Waals surface area contributed by atoms with E-state index >= 15 is 0 Å². The number of nitrogens with zero attached hydrogens (tertiary/aromatic N) is 3. The molecule has 0 bridgehead atoms. The summed E-state index contributed by atoms with van der Waals surface area (Å²) in [6.45, 7) is 7.31. The van der Waals surface area contributed by atoms with Crippen LogP contribution in [0.4, 0.5) is 0 Å². The van der Waals surface area contributed by atoms with Gasteiger partial charge in [-0.3, -0.25) is 4.79 Å². The molecule has 0 aromatic carbocycles. The van der Waals surface area contributed by atoms with Crippen LogP contribution in [0.1, 0.15) is 53.4 Å². The third-order valence-electron chi connectivity index (χ3n) is 3.97. The maximum atomic E-state index is 12.4. The van der Waals surface area contributed by atoms with Crippen molar-refractivity contribution in [2.75, 3.05) is 6.61 Å². The van der Waals surface area contributed by atoms with E-state index in [-0.39, 0.29) is 18.1 Å². The first kappa shape index (κ1) is 16.1. The number of hydrogen-bond donors (Lipinski definition) is 1. The largest absolute Gasteiger partial charge is 0.372 e. The van der Waals surface area contributed by atoms with Crippen molar-refractivity contribution >= 4 is 17.2 Å². The summed E-state index contributed by atoms with van der Waals surface area (Å²) in [6.07, 6.45) is 3.77. The van der Waals surface area contributed by atoms with Gasteiger partial charge in [-0.05, 0) is 27.2 Å². The maximum absolute atomic E-state index is 12.4. The molecule has 0 saturated carbocycles. The van der Waals surface area contributed by atoms with Gasteiger partial charge in [-0.2, -0.15) is 0 Å². The van der Waals surface area contributed by atoms with Gasteiger partial charge in [0.1, 0.15) is 22.6 Å². The molecule has 0 unspecified atom stereocenters. The number of thiazole rings is 1. The molecule has 0 aliphatic carbocycles. The molecule has 1 N–H and O–H groups in total. The fourth-order valence-corrected chi connectivity index (χ4v) is 3.67. The lowest BCUT2D eigenvalue weighted by Gasteiger charge is -2.24. The van der Waals surface area contributed by atoms with Crippen molar-refractivity contribution in [2.24, 2.45) is 0 Å². The Morgan fingerprint density at radius 1 is 1.57 bits per heavy atom. The molecule has 2 aromatic rings. The molecule has 2 atom stereocenters. The Morgan fingerprint density at radius 3 is 3.17 bits per heavy atom. The summed E-state index contributed by atoms with van der Waals surface area (Å²) in [6, 6.07) is 0.123. The Morgan fingerprint density at radius 2 is 2.39 bits per heavy atom. The lowest BCUT2D eigenvalue weighted by atomic mass is 10.1. The minimum atomic E-state index is -0.110. The molecule has 0 radical (unpaired) electrons. The van der Waals surface area contributed by atoms with Gasteiger partial charge in [-0.15, -0.1) is 11.3 Å². The van der Waals surface area contributed by atoms with Crippen LogP contribution in [0.2, 0.25) is 0 Å². The molecule has 1 aliphatic heterocycles. The van der Waals surface area contributed by atoms with Crippen molar-refractivity contribution in [3.63, 3.8) is 0 Å². The molecule has 3 heterocycles. The second-order valence-electron chi connectivity index (χ2n) is 5.83. The Bertz CT molecular complexity index is 694. The third-order valence-corrected chi connectivity index (χ3v) is 4.97. The predicted molar refractivity (Wildman–Crippen MR) is 88.7 cm³/mol. The minimum absolute atomic E-state index is 0.0716. The average Bonchev–Trinajstić information content (AvgIpc) is 3.12. The van der Waals surface area contributed by atoms with Crippen LogP contribution in [0.25, 0.3) is 0 Å². The van der Waals surface area contributed by atoms with Crippen LogP contribution in [-0.4, -0.2) is 33.1 Å². The smallest absolute Gasteiger partial charge is 0.271 e. The highest BCUT2D eigenvalue weighted by atomic mass is 32.1. The highest BCUT2D eigenvalue weighted by molar-refractivity contribution is 7.09. The molecule has 0 saturated heterocycles. The van der Waals surface area contributed by atoms with E-state index < -0.39 is 0 Å². The SMILES string of the molecule is CCO[C@H](C)c1nc(C(=O)N[C@H]2CCc3nc(C)cn3C2)cs1. The monoisotopic (exact) mass is 334 g/mol. The molecule has 23 heavy (non-hydrogen) atoms. The summed E-state index contributed by atoms with van der Waals surface area (Å²) in [4.78, 5) is 21.3. The number of nitrogens with one attached hydrogen (secondary N) is 1. The van der Waals surface area contributed by atoms with Gasteiger partial charge in [0.15, 0.2) is 0 Å². The number of aryl methyl sites for hydroxylation is 2. The Balaban J connectivity index is 1.61. The molecular weight excluding hydrogens is 312 g/mol. The van der Waals surface area contributed by atoms with Gasteiger partial charge in [0.05, 0.1) is 5.69 Å². The quantitative estimate of drug-likeness (QED) is 0.912. The zero-order valence-electron chi connectivity index (χ0n) is 13.7. The zero-order valence-corrected chi connectivity index (χ0v) is 14.5.